The quantitative estimate of drug-likeness (QED) is 0.632. The van der Waals surface area contributed by atoms with E-state index in [9.17, 15) is 5.11 Å². The zero-order valence-corrected chi connectivity index (χ0v) is 5.86. The summed E-state index contributed by atoms with van der Waals surface area (Å²) >= 11 is 0. The van der Waals surface area contributed by atoms with Crippen molar-refractivity contribution in [1.29, 1.82) is 0 Å². The third-order valence-corrected chi connectivity index (χ3v) is 1.57. The molecule has 3 nitrogen and oxygen atoms in total. The molecule has 0 aliphatic heterocycles. The lowest BCUT2D eigenvalue weighted by Crippen LogP contribution is -1.89. The van der Waals surface area contributed by atoms with Crippen LogP contribution in [0.25, 0.3) is 5.82 Å². The summed E-state index contributed by atoms with van der Waals surface area (Å²) in [7, 11) is 0. The van der Waals surface area contributed by atoms with Crippen molar-refractivity contribution < 1.29 is 5.11 Å². The number of rotatable bonds is 1. The van der Waals surface area contributed by atoms with E-state index in [1.54, 1.807) is 22.9 Å². The second-order valence-corrected chi connectivity index (χ2v) is 2.29. The largest absolute Gasteiger partial charge is 0.494 e. The summed E-state index contributed by atoms with van der Waals surface area (Å²) in [6.45, 7) is 0. The molecule has 0 aliphatic carbocycles. The maximum atomic E-state index is 9.27. The van der Waals surface area contributed by atoms with E-state index >= 15 is 0 Å². The number of hydrogen-bond acceptors (Lipinski definition) is 1. The van der Waals surface area contributed by atoms with Crippen LogP contribution < -0.4 is 0 Å². The highest BCUT2D eigenvalue weighted by Crippen LogP contribution is 2.14. The number of aromatic nitrogens is 2. The minimum Gasteiger partial charge on any atom is -0.494 e. The van der Waals surface area contributed by atoms with Crippen molar-refractivity contribution in [3.8, 4) is 11.7 Å². The molecule has 0 unspecified atom stereocenters. The molecule has 2 aromatic heterocycles. The summed E-state index contributed by atoms with van der Waals surface area (Å²) in [5.74, 6) is 1.11. The minimum atomic E-state index is 0.243. The maximum absolute atomic E-state index is 9.27. The van der Waals surface area contributed by atoms with Gasteiger partial charge in [0.05, 0.1) is 0 Å². The molecule has 0 amide bonds. The van der Waals surface area contributed by atoms with E-state index in [1.165, 1.54) is 0 Å². The van der Waals surface area contributed by atoms with Gasteiger partial charge in [0.25, 0.3) is 0 Å². The zero-order valence-electron chi connectivity index (χ0n) is 5.86. The lowest BCUT2D eigenvalue weighted by atomic mass is 10.6. The molecule has 2 N–H and O–H groups in total. The van der Waals surface area contributed by atoms with Crippen molar-refractivity contribution in [3.63, 3.8) is 0 Å². The highest BCUT2D eigenvalue weighted by Gasteiger charge is 1.99. The normalized spacial score (nSPS) is 10.2. The van der Waals surface area contributed by atoms with Gasteiger partial charge in [-0.15, -0.1) is 0 Å². The van der Waals surface area contributed by atoms with Gasteiger partial charge in [0.15, 0.2) is 5.88 Å². The first-order valence-electron chi connectivity index (χ1n) is 3.38. The Hall–Kier alpha value is -1.64. The van der Waals surface area contributed by atoms with Gasteiger partial charge in [-0.2, -0.15) is 0 Å². The summed E-state index contributed by atoms with van der Waals surface area (Å²) in [5, 5.41) is 9.27. The third kappa shape index (κ3) is 0.902. The number of hydrogen-bond donors (Lipinski definition) is 2. The van der Waals surface area contributed by atoms with E-state index in [0.717, 1.165) is 5.82 Å². The Morgan fingerprint density at radius 3 is 2.73 bits per heavy atom. The fraction of sp³-hybridized carbons (Fsp3) is 0. The molecule has 2 heterocycles. The van der Waals surface area contributed by atoms with Gasteiger partial charge in [0.2, 0.25) is 0 Å². The van der Waals surface area contributed by atoms with Gasteiger partial charge in [-0.1, -0.05) is 0 Å². The topological polar surface area (TPSA) is 41.0 Å². The molecule has 0 atom stereocenters. The van der Waals surface area contributed by atoms with Crippen molar-refractivity contribution in [1.82, 2.24) is 9.55 Å². The van der Waals surface area contributed by atoms with Gasteiger partial charge in [-0.05, 0) is 18.2 Å². The van der Waals surface area contributed by atoms with Crippen LogP contribution in [0.15, 0.2) is 36.7 Å². The maximum Gasteiger partial charge on any atom is 0.196 e. The van der Waals surface area contributed by atoms with Crippen LogP contribution in [0.3, 0.4) is 0 Å². The monoisotopic (exact) mass is 148 g/mol. The Labute approximate surface area is 63.9 Å². The summed E-state index contributed by atoms with van der Waals surface area (Å²) in [6, 6.07) is 7.20. The molecule has 11 heavy (non-hydrogen) atoms. The average molecular weight is 148 g/mol. The molecule has 2 rings (SSSR count). The van der Waals surface area contributed by atoms with Crippen molar-refractivity contribution in [2.75, 3.05) is 0 Å². The molecule has 0 aromatic carbocycles. The van der Waals surface area contributed by atoms with Crippen molar-refractivity contribution in [2.45, 2.75) is 0 Å². The van der Waals surface area contributed by atoms with E-state index in [4.69, 9.17) is 0 Å². The van der Waals surface area contributed by atoms with E-state index in [0.29, 0.717) is 0 Å². The summed E-state index contributed by atoms with van der Waals surface area (Å²) < 4.78 is 1.67. The fourth-order valence-corrected chi connectivity index (χ4v) is 1.05. The minimum absolute atomic E-state index is 0.243. The number of nitrogens with one attached hydrogen (secondary N) is 1. The Bertz CT molecular complexity index is 335. The number of H-pyrrole nitrogens is 1. The van der Waals surface area contributed by atoms with Crippen molar-refractivity contribution in [3.05, 3.63) is 36.7 Å². The zero-order chi connectivity index (χ0) is 7.68. The van der Waals surface area contributed by atoms with E-state index in [-0.39, 0.29) is 5.88 Å². The van der Waals surface area contributed by atoms with Crippen LogP contribution in [0.1, 0.15) is 0 Å². The van der Waals surface area contributed by atoms with Crippen LogP contribution in [-0.2, 0) is 0 Å². The molecule has 0 aliphatic rings. The van der Waals surface area contributed by atoms with E-state index in [2.05, 4.69) is 4.98 Å². The highest BCUT2D eigenvalue weighted by atomic mass is 16.3. The Morgan fingerprint density at radius 1 is 1.27 bits per heavy atom. The van der Waals surface area contributed by atoms with Crippen LogP contribution in [0.2, 0.25) is 0 Å². The van der Waals surface area contributed by atoms with Gasteiger partial charge in [0.1, 0.15) is 5.82 Å². The molecule has 0 bridgehead atoms. The fourth-order valence-electron chi connectivity index (χ4n) is 1.05. The van der Waals surface area contributed by atoms with Crippen LogP contribution in [0, 0.1) is 0 Å². The predicted molar refractivity (Wildman–Crippen MR) is 41.8 cm³/mol. The number of aromatic hydroxyl groups is 1. The summed E-state index contributed by atoms with van der Waals surface area (Å²) in [5.41, 5.74) is 0. The van der Waals surface area contributed by atoms with Gasteiger partial charge >= 0.3 is 0 Å². The van der Waals surface area contributed by atoms with Gasteiger partial charge in [-0.3, -0.25) is 4.57 Å². The first kappa shape index (κ1) is 6.09. The Kier molecular flexibility index (Phi) is 1.22. The number of aromatic amines is 1. The van der Waals surface area contributed by atoms with Gasteiger partial charge in [-0.25, -0.2) is 0 Å². The van der Waals surface area contributed by atoms with Crippen LogP contribution >= 0.6 is 0 Å². The molecule has 0 saturated heterocycles. The van der Waals surface area contributed by atoms with Gasteiger partial charge in [0, 0.05) is 18.5 Å². The van der Waals surface area contributed by atoms with Crippen LogP contribution in [0.4, 0.5) is 0 Å². The second kappa shape index (κ2) is 2.20. The molecule has 0 spiro atoms. The summed E-state index contributed by atoms with van der Waals surface area (Å²) in [4.78, 5) is 2.98. The third-order valence-electron chi connectivity index (χ3n) is 1.57. The molecular weight excluding hydrogens is 140 g/mol. The molecule has 0 fully saturated rings. The molecule has 2 aromatic rings. The molecule has 56 valence electrons. The SMILES string of the molecule is Oc1cccn1-c1ccc[nH]1. The van der Waals surface area contributed by atoms with Crippen molar-refractivity contribution in [2.24, 2.45) is 0 Å². The Balaban J connectivity index is 2.53. The van der Waals surface area contributed by atoms with E-state index in [1.807, 2.05) is 18.3 Å². The molecule has 0 saturated carbocycles. The Morgan fingerprint density at radius 2 is 2.18 bits per heavy atom. The second-order valence-electron chi connectivity index (χ2n) is 2.29. The van der Waals surface area contributed by atoms with Crippen LogP contribution in [-0.4, -0.2) is 14.7 Å². The highest BCUT2D eigenvalue weighted by molar-refractivity contribution is 5.30. The van der Waals surface area contributed by atoms with Crippen molar-refractivity contribution >= 4 is 0 Å². The first-order valence-corrected chi connectivity index (χ1v) is 3.38. The first-order chi connectivity index (χ1) is 5.38. The molecule has 3 heteroatoms. The van der Waals surface area contributed by atoms with E-state index < -0.39 is 0 Å². The standard InChI is InChI=1S/C8H8N2O/c11-8-4-2-6-10(8)7-3-1-5-9-7/h1-6,9,11H. The smallest absolute Gasteiger partial charge is 0.196 e. The summed E-state index contributed by atoms with van der Waals surface area (Å²) in [6.07, 6.45) is 3.61. The van der Waals surface area contributed by atoms with Crippen LogP contribution in [0.5, 0.6) is 5.88 Å². The predicted octanol–water partition coefficient (Wildman–Crippen LogP) is 1.51. The van der Waals surface area contributed by atoms with Gasteiger partial charge < -0.3 is 10.1 Å². The number of nitrogens with zero attached hydrogens (tertiary/aromatic N) is 1. The molecular formula is C8H8N2O. The average Bonchev–Trinajstić information content (AvgIpc) is 2.55. The molecule has 0 radical (unpaired) electrons. The lowest BCUT2D eigenvalue weighted by molar-refractivity contribution is 0.442. The lowest BCUT2D eigenvalue weighted by Gasteiger charge is -1.99.